The van der Waals surface area contributed by atoms with Gasteiger partial charge in [0, 0.05) is 36.8 Å². The van der Waals surface area contributed by atoms with Crippen molar-refractivity contribution in [3.8, 4) is 17.0 Å². The standard InChI is InChI=1S/C23H28N4O3S/c1-4-27-17(2)23(15-24-27)31(28,29)26-14-6-7-19(16-26)22-9-5-8-21(25-22)18-10-12-20(30-3)13-11-18/h5,8-13,15,19H,4,6-7,14,16H2,1-3H3/t19-/m0/s1. The fraction of sp³-hybridized carbons (Fsp3) is 0.391. The summed E-state index contributed by atoms with van der Waals surface area (Å²) in [5, 5.41) is 4.22. The van der Waals surface area contributed by atoms with E-state index in [1.165, 1.54) is 6.20 Å². The Hall–Kier alpha value is -2.71. The van der Waals surface area contributed by atoms with Gasteiger partial charge in [-0.1, -0.05) is 6.07 Å². The molecular formula is C23H28N4O3S. The van der Waals surface area contributed by atoms with Gasteiger partial charge in [-0.05, 0) is 63.1 Å². The zero-order valence-electron chi connectivity index (χ0n) is 18.2. The Morgan fingerprint density at radius 3 is 2.61 bits per heavy atom. The number of hydrogen-bond donors (Lipinski definition) is 0. The highest BCUT2D eigenvalue weighted by Crippen LogP contribution is 2.31. The summed E-state index contributed by atoms with van der Waals surface area (Å²) >= 11 is 0. The summed E-state index contributed by atoms with van der Waals surface area (Å²) < 4.78 is 35.1. The lowest BCUT2D eigenvalue weighted by molar-refractivity contribution is 0.312. The van der Waals surface area contributed by atoms with Crippen molar-refractivity contribution in [2.24, 2.45) is 0 Å². The van der Waals surface area contributed by atoms with Crippen LogP contribution in [-0.2, 0) is 16.6 Å². The first-order chi connectivity index (χ1) is 14.9. The Labute approximate surface area is 183 Å². The largest absolute Gasteiger partial charge is 0.497 e. The molecular weight excluding hydrogens is 412 g/mol. The predicted molar refractivity (Wildman–Crippen MR) is 120 cm³/mol. The van der Waals surface area contributed by atoms with Gasteiger partial charge in [0.15, 0.2) is 0 Å². The smallest absolute Gasteiger partial charge is 0.246 e. The van der Waals surface area contributed by atoms with Crippen LogP contribution in [-0.4, -0.2) is 47.7 Å². The van der Waals surface area contributed by atoms with Crippen LogP contribution in [0.2, 0.25) is 0 Å². The minimum Gasteiger partial charge on any atom is -0.497 e. The van der Waals surface area contributed by atoms with Crippen molar-refractivity contribution in [1.29, 1.82) is 0 Å². The van der Waals surface area contributed by atoms with E-state index in [-0.39, 0.29) is 5.92 Å². The highest BCUT2D eigenvalue weighted by molar-refractivity contribution is 7.89. The molecule has 0 radical (unpaired) electrons. The molecule has 0 saturated carbocycles. The molecule has 0 bridgehead atoms. The van der Waals surface area contributed by atoms with E-state index in [9.17, 15) is 8.42 Å². The van der Waals surface area contributed by atoms with Crippen molar-refractivity contribution < 1.29 is 13.2 Å². The SMILES string of the molecule is CCn1ncc(S(=O)(=O)N2CCC[C@H](c3cccc(-c4ccc(OC)cc4)n3)C2)c1C. The average molecular weight is 441 g/mol. The summed E-state index contributed by atoms with van der Waals surface area (Å²) in [4.78, 5) is 5.17. The molecule has 31 heavy (non-hydrogen) atoms. The van der Waals surface area contributed by atoms with Gasteiger partial charge in [-0.3, -0.25) is 9.67 Å². The van der Waals surface area contributed by atoms with E-state index in [1.807, 2.05) is 56.3 Å². The van der Waals surface area contributed by atoms with Crippen molar-refractivity contribution in [2.45, 2.75) is 44.0 Å². The van der Waals surface area contributed by atoms with E-state index in [0.29, 0.717) is 30.2 Å². The van der Waals surface area contributed by atoms with E-state index in [2.05, 4.69) is 5.10 Å². The number of rotatable bonds is 6. The number of pyridine rings is 1. The first-order valence-electron chi connectivity index (χ1n) is 10.6. The molecule has 164 valence electrons. The molecule has 1 aromatic carbocycles. The Kier molecular flexibility index (Phi) is 6.11. The van der Waals surface area contributed by atoms with E-state index >= 15 is 0 Å². The molecule has 3 heterocycles. The second-order valence-electron chi connectivity index (χ2n) is 7.79. The van der Waals surface area contributed by atoms with Crippen LogP contribution in [0.5, 0.6) is 5.75 Å². The maximum absolute atomic E-state index is 13.3. The fourth-order valence-corrected chi connectivity index (χ4v) is 5.83. The summed E-state index contributed by atoms with van der Waals surface area (Å²) in [6.45, 7) is 5.36. The number of piperidine rings is 1. The molecule has 3 aromatic rings. The van der Waals surface area contributed by atoms with Crippen LogP contribution in [0.3, 0.4) is 0 Å². The van der Waals surface area contributed by atoms with E-state index in [1.54, 1.807) is 16.1 Å². The second kappa shape index (κ2) is 8.80. The summed E-state index contributed by atoms with van der Waals surface area (Å²) in [6, 6.07) is 13.8. The predicted octanol–water partition coefficient (Wildman–Crippen LogP) is 3.85. The zero-order chi connectivity index (χ0) is 22.0. The summed E-state index contributed by atoms with van der Waals surface area (Å²) in [6.07, 6.45) is 3.19. The number of ether oxygens (including phenoxy) is 1. The van der Waals surface area contributed by atoms with Crippen LogP contribution in [0.15, 0.2) is 53.6 Å². The lowest BCUT2D eigenvalue weighted by Crippen LogP contribution is -2.39. The maximum atomic E-state index is 13.3. The topological polar surface area (TPSA) is 77.3 Å². The molecule has 7 nitrogen and oxygen atoms in total. The average Bonchev–Trinajstić information content (AvgIpc) is 3.20. The molecule has 1 atom stereocenters. The summed E-state index contributed by atoms with van der Waals surface area (Å²) in [5.41, 5.74) is 3.49. The number of aromatic nitrogens is 3. The van der Waals surface area contributed by atoms with Gasteiger partial charge in [-0.2, -0.15) is 9.40 Å². The Morgan fingerprint density at radius 2 is 1.94 bits per heavy atom. The van der Waals surface area contributed by atoms with Crippen molar-refractivity contribution in [2.75, 3.05) is 20.2 Å². The first-order valence-corrected chi connectivity index (χ1v) is 12.0. The third kappa shape index (κ3) is 4.22. The summed E-state index contributed by atoms with van der Waals surface area (Å²) in [5.74, 6) is 0.859. The van der Waals surface area contributed by atoms with Gasteiger partial charge in [0.2, 0.25) is 10.0 Å². The molecule has 2 aromatic heterocycles. The minimum absolute atomic E-state index is 0.0586. The number of nitrogens with zero attached hydrogens (tertiary/aromatic N) is 4. The van der Waals surface area contributed by atoms with Crippen molar-refractivity contribution in [3.05, 3.63) is 60.0 Å². The van der Waals surface area contributed by atoms with E-state index in [4.69, 9.17) is 9.72 Å². The number of hydrogen-bond acceptors (Lipinski definition) is 5. The van der Waals surface area contributed by atoms with Crippen LogP contribution >= 0.6 is 0 Å². The van der Waals surface area contributed by atoms with Crippen LogP contribution in [0.25, 0.3) is 11.3 Å². The Balaban J connectivity index is 1.58. The Morgan fingerprint density at radius 1 is 1.16 bits per heavy atom. The number of methoxy groups -OCH3 is 1. The van der Waals surface area contributed by atoms with Gasteiger partial charge in [0.05, 0.1) is 24.7 Å². The molecule has 0 amide bonds. The molecule has 4 rings (SSSR count). The van der Waals surface area contributed by atoms with E-state index < -0.39 is 10.0 Å². The molecule has 0 N–H and O–H groups in total. The molecule has 1 fully saturated rings. The van der Waals surface area contributed by atoms with Crippen LogP contribution in [0.4, 0.5) is 0 Å². The first kappa shape index (κ1) is 21.5. The lowest BCUT2D eigenvalue weighted by Gasteiger charge is -2.31. The number of sulfonamides is 1. The zero-order valence-corrected chi connectivity index (χ0v) is 19.0. The van der Waals surface area contributed by atoms with Crippen LogP contribution in [0.1, 0.15) is 37.1 Å². The van der Waals surface area contributed by atoms with Crippen LogP contribution < -0.4 is 4.74 Å². The quantitative estimate of drug-likeness (QED) is 0.582. The van der Waals surface area contributed by atoms with Crippen molar-refractivity contribution in [3.63, 3.8) is 0 Å². The van der Waals surface area contributed by atoms with Gasteiger partial charge in [-0.25, -0.2) is 8.42 Å². The molecule has 0 unspecified atom stereocenters. The van der Waals surface area contributed by atoms with Crippen LogP contribution in [0, 0.1) is 6.92 Å². The molecule has 1 aliphatic heterocycles. The number of aryl methyl sites for hydroxylation is 1. The normalized spacial score (nSPS) is 17.6. The number of benzene rings is 1. The fourth-order valence-electron chi connectivity index (χ4n) is 4.14. The molecule has 8 heteroatoms. The van der Waals surface area contributed by atoms with Gasteiger partial charge in [0.1, 0.15) is 10.6 Å². The van der Waals surface area contributed by atoms with Gasteiger partial charge in [-0.15, -0.1) is 0 Å². The third-order valence-corrected chi connectivity index (χ3v) is 7.90. The maximum Gasteiger partial charge on any atom is 0.246 e. The highest BCUT2D eigenvalue weighted by atomic mass is 32.2. The minimum atomic E-state index is -3.58. The highest BCUT2D eigenvalue weighted by Gasteiger charge is 2.33. The molecule has 0 spiro atoms. The Bertz CT molecular complexity index is 1160. The third-order valence-electron chi connectivity index (χ3n) is 5.93. The van der Waals surface area contributed by atoms with Gasteiger partial charge >= 0.3 is 0 Å². The molecule has 1 saturated heterocycles. The molecule has 0 aliphatic carbocycles. The van der Waals surface area contributed by atoms with Gasteiger partial charge < -0.3 is 4.74 Å². The van der Waals surface area contributed by atoms with Gasteiger partial charge in [0.25, 0.3) is 0 Å². The second-order valence-corrected chi connectivity index (χ2v) is 9.69. The van der Waals surface area contributed by atoms with E-state index in [0.717, 1.165) is 35.5 Å². The monoisotopic (exact) mass is 440 g/mol. The van der Waals surface area contributed by atoms with Crippen molar-refractivity contribution >= 4 is 10.0 Å². The summed E-state index contributed by atoms with van der Waals surface area (Å²) in [7, 11) is -1.94. The lowest BCUT2D eigenvalue weighted by atomic mass is 9.95. The molecule has 1 aliphatic rings. The van der Waals surface area contributed by atoms with Crippen molar-refractivity contribution in [1.82, 2.24) is 19.1 Å².